The number of ether oxygens (including phenoxy) is 1. The van der Waals surface area contributed by atoms with Crippen LogP contribution in [0.2, 0.25) is 0 Å². The van der Waals surface area contributed by atoms with Crippen LogP contribution in [0.1, 0.15) is 23.3 Å². The number of nitrogens with zero attached hydrogens (tertiary/aromatic N) is 4. The number of imidazole rings is 1. The van der Waals surface area contributed by atoms with Crippen molar-refractivity contribution in [2.75, 3.05) is 17.7 Å². The molecule has 170 valence electrons. The third-order valence-electron chi connectivity index (χ3n) is 6.00. The van der Waals surface area contributed by atoms with Crippen LogP contribution in [0.3, 0.4) is 0 Å². The number of alkyl halides is 1. The van der Waals surface area contributed by atoms with E-state index in [0.29, 0.717) is 23.5 Å². The molecule has 1 aliphatic rings. The molecule has 4 atom stereocenters. The van der Waals surface area contributed by atoms with Gasteiger partial charge in [-0.3, -0.25) is 4.57 Å². The second kappa shape index (κ2) is 9.44. The topological polar surface area (TPSA) is 105 Å². The Balaban J connectivity index is 1.43. The van der Waals surface area contributed by atoms with Crippen LogP contribution in [0, 0.1) is 0 Å². The van der Waals surface area contributed by atoms with Crippen molar-refractivity contribution in [3.63, 3.8) is 0 Å². The molecule has 1 aliphatic heterocycles. The van der Waals surface area contributed by atoms with Crippen molar-refractivity contribution in [1.29, 1.82) is 0 Å². The average molecular weight is 466 g/mol. The quantitative estimate of drug-likeness (QED) is 0.360. The minimum atomic E-state index is -1.14. The number of aromatic nitrogens is 4. The summed E-state index contributed by atoms with van der Waals surface area (Å²) in [6, 6.07) is 20.6. The molecule has 33 heavy (non-hydrogen) atoms. The highest BCUT2D eigenvalue weighted by atomic mass is 35.5. The first-order chi connectivity index (χ1) is 16.2. The highest BCUT2D eigenvalue weighted by molar-refractivity contribution is 6.18. The number of hydrogen-bond acceptors (Lipinski definition) is 7. The maximum absolute atomic E-state index is 10.4. The van der Waals surface area contributed by atoms with Gasteiger partial charge in [0.2, 0.25) is 0 Å². The number of benzene rings is 2. The molecule has 5 rings (SSSR count). The van der Waals surface area contributed by atoms with Crippen LogP contribution in [-0.2, 0) is 4.74 Å². The third kappa shape index (κ3) is 4.18. The lowest BCUT2D eigenvalue weighted by Gasteiger charge is -2.19. The predicted molar refractivity (Wildman–Crippen MR) is 125 cm³/mol. The molecule has 9 heteroatoms. The van der Waals surface area contributed by atoms with Crippen molar-refractivity contribution in [1.82, 2.24) is 19.5 Å². The molecule has 8 nitrogen and oxygen atoms in total. The first-order valence-corrected chi connectivity index (χ1v) is 11.3. The van der Waals surface area contributed by atoms with E-state index >= 15 is 0 Å². The molecule has 3 N–H and O–H groups in total. The summed E-state index contributed by atoms with van der Waals surface area (Å²) >= 11 is 5.85. The summed E-state index contributed by atoms with van der Waals surface area (Å²) in [7, 11) is 0. The summed E-state index contributed by atoms with van der Waals surface area (Å²) < 4.78 is 7.36. The molecule has 3 heterocycles. The van der Waals surface area contributed by atoms with Crippen LogP contribution in [0.5, 0.6) is 0 Å². The van der Waals surface area contributed by atoms with Crippen LogP contribution in [-0.4, -0.2) is 60.5 Å². The molecular formula is C24H24ClN5O3. The number of aliphatic hydroxyl groups is 2. The van der Waals surface area contributed by atoms with Crippen LogP contribution in [0.25, 0.3) is 11.2 Å². The standard InChI is InChI=1S/C24H24ClN5O3/c25-11-18-20(31)21(32)24(33-18)30-14-29-19-22(27-13-28-23(19)30)26-12-17(15-7-3-1-4-8-15)16-9-5-2-6-10-16/h1-10,13-14,17-18,20-21,24,31-32H,11-12H2,(H,26,27,28)/t18-,20-,21-,24-/m1/s1. The second-order valence-electron chi connectivity index (χ2n) is 8.00. The summed E-state index contributed by atoms with van der Waals surface area (Å²) in [5.41, 5.74) is 3.43. The van der Waals surface area contributed by atoms with Crippen LogP contribution in [0.4, 0.5) is 5.82 Å². The van der Waals surface area contributed by atoms with Gasteiger partial charge in [-0.15, -0.1) is 11.6 Å². The van der Waals surface area contributed by atoms with E-state index in [9.17, 15) is 10.2 Å². The number of fused-ring (bicyclic) bond motifs is 1. The van der Waals surface area contributed by atoms with Gasteiger partial charge in [-0.05, 0) is 11.1 Å². The number of aliphatic hydroxyl groups excluding tert-OH is 2. The van der Waals surface area contributed by atoms with E-state index in [0.717, 1.165) is 0 Å². The Morgan fingerprint density at radius 3 is 2.21 bits per heavy atom. The van der Waals surface area contributed by atoms with Crippen LogP contribution in [0.15, 0.2) is 73.3 Å². The summed E-state index contributed by atoms with van der Waals surface area (Å²) in [5, 5.41) is 24.1. The lowest BCUT2D eigenvalue weighted by atomic mass is 9.91. The van der Waals surface area contributed by atoms with Gasteiger partial charge in [-0.1, -0.05) is 60.7 Å². The summed E-state index contributed by atoms with van der Waals surface area (Å²) in [6.45, 7) is 0.600. The van der Waals surface area contributed by atoms with Gasteiger partial charge in [-0.2, -0.15) is 0 Å². The van der Waals surface area contributed by atoms with Gasteiger partial charge >= 0.3 is 0 Å². The fourth-order valence-electron chi connectivity index (χ4n) is 4.25. The van der Waals surface area contributed by atoms with Gasteiger partial charge in [0.15, 0.2) is 23.2 Å². The molecular weight excluding hydrogens is 442 g/mol. The van der Waals surface area contributed by atoms with Crippen LogP contribution >= 0.6 is 11.6 Å². The average Bonchev–Trinajstić information content (AvgIpc) is 3.42. The Hall–Kier alpha value is -3.04. The maximum Gasteiger partial charge on any atom is 0.167 e. The van der Waals surface area contributed by atoms with Gasteiger partial charge in [0, 0.05) is 12.5 Å². The summed E-state index contributed by atoms with van der Waals surface area (Å²) in [5.74, 6) is 0.764. The Kier molecular flexibility index (Phi) is 6.24. The smallest absolute Gasteiger partial charge is 0.167 e. The molecule has 0 amide bonds. The molecule has 0 spiro atoms. The molecule has 0 radical (unpaired) electrons. The van der Waals surface area contributed by atoms with E-state index in [2.05, 4.69) is 44.5 Å². The number of anilines is 1. The Morgan fingerprint density at radius 2 is 1.61 bits per heavy atom. The fraction of sp³-hybridized carbons (Fsp3) is 0.292. The minimum Gasteiger partial charge on any atom is -0.387 e. The first kappa shape index (κ1) is 21.8. The van der Waals surface area contributed by atoms with Crippen molar-refractivity contribution in [3.8, 4) is 0 Å². The molecule has 1 fully saturated rings. The summed E-state index contributed by atoms with van der Waals surface area (Å²) in [6.07, 6.45) is -0.744. The molecule has 0 saturated carbocycles. The van der Waals surface area contributed by atoms with Crippen molar-refractivity contribution in [3.05, 3.63) is 84.4 Å². The SMILES string of the molecule is O[C@@H]1[C@H](O)[C@@H](CCl)O[C@H]1n1cnc2c(NCC(c3ccccc3)c3ccccc3)ncnc21. The van der Waals surface area contributed by atoms with Gasteiger partial charge in [0.1, 0.15) is 24.6 Å². The lowest BCUT2D eigenvalue weighted by Crippen LogP contribution is -2.32. The van der Waals surface area contributed by atoms with E-state index in [1.807, 2.05) is 36.4 Å². The van der Waals surface area contributed by atoms with Crippen molar-refractivity contribution < 1.29 is 14.9 Å². The first-order valence-electron chi connectivity index (χ1n) is 10.8. The zero-order chi connectivity index (χ0) is 22.8. The monoisotopic (exact) mass is 465 g/mol. The Labute approximate surface area is 195 Å². The van der Waals surface area contributed by atoms with Crippen molar-refractivity contribution in [2.45, 2.75) is 30.5 Å². The van der Waals surface area contributed by atoms with Gasteiger partial charge in [-0.25, -0.2) is 15.0 Å². The van der Waals surface area contributed by atoms with Gasteiger partial charge in [0.25, 0.3) is 0 Å². The van der Waals surface area contributed by atoms with E-state index < -0.39 is 24.5 Å². The van der Waals surface area contributed by atoms with E-state index in [1.165, 1.54) is 23.8 Å². The van der Waals surface area contributed by atoms with E-state index in [-0.39, 0.29) is 11.8 Å². The largest absolute Gasteiger partial charge is 0.387 e. The zero-order valence-corrected chi connectivity index (χ0v) is 18.5. The van der Waals surface area contributed by atoms with Gasteiger partial charge in [0.05, 0.1) is 12.2 Å². The molecule has 1 saturated heterocycles. The molecule has 0 unspecified atom stereocenters. The number of rotatable bonds is 7. The number of nitrogens with one attached hydrogen (secondary N) is 1. The minimum absolute atomic E-state index is 0.0729. The molecule has 2 aromatic heterocycles. The zero-order valence-electron chi connectivity index (χ0n) is 17.7. The molecule has 0 bridgehead atoms. The van der Waals surface area contributed by atoms with E-state index in [1.54, 1.807) is 4.57 Å². The number of halogens is 1. The van der Waals surface area contributed by atoms with Crippen LogP contribution < -0.4 is 5.32 Å². The predicted octanol–water partition coefficient (Wildman–Crippen LogP) is 2.93. The lowest BCUT2D eigenvalue weighted by molar-refractivity contribution is -0.0291. The molecule has 4 aromatic rings. The Morgan fingerprint density at radius 1 is 0.939 bits per heavy atom. The molecule has 2 aromatic carbocycles. The normalized spacial score (nSPS) is 22.8. The Bertz CT molecular complexity index is 1170. The van der Waals surface area contributed by atoms with Crippen molar-refractivity contribution in [2.24, 2.45) is 0 Å². The third-order valence-corrected chi connectivity index (χ3v) is 6.30. The highest BCUT2D eigenvalue weighted by Crippen LogP contribution is 2.33. The highest BCUT2D eigenvalue weighted by Gasteiger charge is 2.43. The second-order valence-corrected chi connectivity index (χ2v) is 8.31. The van der Waals surface area contributed by atoms with Gasteiger partial charge < -0.3 is 20.3 Å². The molecule has 0 aliphatic carbocycles. The summed E-state index contributed by atoms with van der Waals surface area (Å²) in [4.78, 5) is 13.2. The maximum atomic E-state index is 10.4. The van der Waals surface area contributed by atoms with E-state index in [4.69, 9.17) is 16.3 Å². The number of hydrogen-bond donors (Lipinski definition) is 3. The van der Waals surface area contributed by atoms with Crippen molar-refractivity contribution >= 4 is 28.6 Å². The fourth-order valence-corrected chi connectivity index (χ4v) is 4.51.